The van der Waals surface area contributed by atoms with Crippen molar-refractivity contribution in [3.05, 3.63) is 53.5 Å². The van der Waals surface area contributed by atoms with Gasteiger partial charge in [0.05, 0.1) is 11.3 Å². The molecule has 1 aromatic carbocycles. The van der Waals surface area contributed by atoms with Crippen LogP contribution in [0, 0.1) is 5.82 Å². The van der Waals surface area contributed by atoms with E-state index in [1.165, 1.54) is 18.3 Å². The lowest BCUT2D eigenvalue weighted by Crippen LogP contribution is -2.10. The molecule has 0 aliphatic rings. The van der Waals surface area contributed by atoms with Gasteiger partial charge in [0.2, 0.25) is 0 Å². The molecule has 0 unspecified atom stereocenters. The number of aromatic carboxylic acids is 1. The van der Waals surface area contributed by atoms with E-state index < -0.39 is 5.97 Å². The van der Waals surface area contributed by atoms with Gasteiger partial charge >= 0.3 is 5.97 Å². The summed E-state index contributed by atoms with van der Waals surface area (Å²) in [5.41, 5.74) is 6.13. The van der Waals surface area contributed by atoms with Crippen LogP contribution < -0.4 is 11.1 Å². The van der Waals surface area contributed by atoms with Crippen molar-refractivity contribution >= 4 is 17.5 Å². The highest BCUT2D eigenvalue weighted by atomic mass is 19.1. The van der Waals surface area contributed by atoms with Crippen LogP contribution in [0.4, 0.5) is 15.9 Å². The Morgan fingerprint density at radius 1 is 1.37 bits per heavy atom. The molecule has 5 nitrogen and oxygen atoms in total. The average molecular weight is 261 g/mol. The maximum Gasteiger partial charge on any atom is 0.337 e. The summed E-state index contributed by atoms with van der Waals surface area (Å²) in [6.07, 6.45) is 1.34. The number of hydrogen-bond donors (Lipinski definition) is 3. The van der Waals surface area contributed by atoms with Gasteiger partial charge in [-0.25, -0.2) is 14.2 Å². The summed E-state index contributed by atoms with van der Waals surface area (Å²) in [7, 11) is 0. The second-order valence-corrected chi connectivity index (χ2v) is 3.87. The first kappa shape index (κ1) is 12.8. The zero-order valence-electron chi connectivity index (χ0n) is 9.93. The number of nitrogens with zero attached hydrogens (tertiary/aromatic N) is 1. The number of carboxylic acids is 1. The van der Waals surface area contributed by atoms with Gasteiger partial charge in [-0.2, -0.15) is 0 Å². The van der Waals surface area contributed by atoms with Crippen LogP contribution in [0.15, 0.2) is 36.5 Å². The van der Waals surface area contributed by atoms with E-state index in [2.05, 4.69) is 10.3 Å². The van der Waals surface area contributed by atoms with E-state index in [4.69, 9.17) is 10.8 Å². The number of carboxylic acid groups (broad SMARTS) is 1. The van der Waals surface area contributed by atoms with Crippen LogP contribution in [0.1, 0.15) is 15.9 Å². The largest absolute Gasteiger partial charge is 0.478 e. The molecule has 2 rings (SSSR count). The molecule has 1 heterocycles. The number of aromatic nitrogens is 1. The van der Waals surface area contributed by atoms with Gasteiger partial charge in [0, 0.05) is 18.3 Å². The van der Waals surface area contributed by atoms with Crippen molar-refractivity contribution in [3.8, 4) is 0 Å². The molecule has 19 heavy (non-hydrogen) atoms. The normalized spacial score (nSPS) is 10.2. The van der Waals surface area contributed by atoms with Crippen LogP contribution in [-0.4, -0.2) is 16.1 Å². The molecule has 98 valence electrons. The maximum atomic E-state index is 13.4. The fourth-order valence-corrected chi connectivity index (χ4v) is 1.62. The predicted molar refractivity (Wildman–Crippen MR) is 69.3 cm³/mol. The first-order valence-corrected chi connectivity index (χ1v) is 5.54. The minimum atomic E-state index is -1.13. The number of nitrogen functional groups attached to an aromatic ring is 1. The summed E-state index contributed by atoms with van der Waals surface area (Å²) in [6, 6.07) is 7.59. The van der Waals surface area contributed by atoms with Crippen LogP contribution in [0.25, 0.3) is 0 Å². The Morgan fingerprint density at radius 3 is 2.79 bits per heavy atom. The molecule has 0 aliphatic carbocycles. The van der Waals surface area contributed by atoms with Gasteiger partial charge in [-0.1, -0.05) is 18.2 Å². The lowest BCUT2D eigenvalue weighted by molar-refractivity contribution is 0.0698. The van der Waals surface area contributed by atoms with E-state index in [9.17, 15) is 9.18 Å². The average Bonchev–Trinajstić information content (AvgIpc) is 2.39. The van der Waals surface area contributed by atoms with Crippen molar-refractivity contribution in [1.29, 1.82) is 0 Å². The lowest BCUT2D eigenvalue weighted by atomic mass is 10.2. The van der Waals surface area contributed by atoms with E-state index in [1.54, 1.807) is 18.2 Å². The Bertz CT molecular complexity index is 617. The Balaban J connectivity index is 2.19. The van der Waals surface area contributed by atoms with Crippen LogP contribution >= 0.6 is 0 Å². The Labute approximate surface area is 108 Å². The second-order valence-electron chi connectivity index (χ2n) is 3.87. The third kappa shape index (κ3) is 2.79. The maximum absolute atomic E-state index is 13.4. The number of rotatable bonds is 4. The number of benzene rings is 1. The van der Waals surface area contributed by atoms with E-state index in [0.29, 0.717) is 5.56 Å². The zero-order valence-corrected chi connectivity index (χ0v) is 9.93. The van der Waals surface area contributed by atoms with Crippen LogP contribution in [-0.2, 0) is 6.54 Å². The molecule has 0 saturated carbocycles. The van der Waals surface area contributed by atoms with Gasteiger partial charge in [-0.3, -0.25) is 0 Å². The number of anilines is 2. The van der Waals surface area contributed by atoms with E-state index in [1.807, 2.05) is 0 Å². The summed E-state index contributed by atoms with van der Waals surface area (Å²) in [5, 5.41) is 11.7. The molecule has 1 aromatic heterocycles. The van der Waals surface area contributed by atoms with E-state index >= 15 is 0 Å². The Hall–Kier alpha value is -2.63. The molecular formula is C13H12FN3O2. The van der Waals surface area contributed by atoms with Gasteiger partial charge in [0.1, 0.15) is 11.6 Å². The molecule has 0 bridgehead atoms. The molecule has 0 radical (unpaired) electrons. The number of nitrogens with two attached hydrogens (primary N) is 1. The standard InChI is InChI=1S/C13H12FN3O2/c14-10-4-2-1-3-8(10)7-17-12-11(15)9(13(18)19)5-6-16-12/h1-6H,7,15H2,(H,16,17)(H,18,19). The molecule has 4 N–H and O–H groups in total. The highest BCUT2D eigenvalue weighted by Crippen LogP contribution is 2.20. The molecule has 0 fully saturated rings. The SMILES string of the molecule is Nc1c(C(=O)O)ccnc1NCc1ccccc1F. The highest BCUT2D eigenvalue weighted by molar-refractivity contribution is 5.96. The molecule has 0 saturated heterocycles. The minimum absolute atomic E-state index is 0.0336. The Kier molecular flexibility index (Phi) is 3.61. The lowest BCUT2D eigenvalue weighted by Gasteiger charge is -2.10. The molecule has 0 atom stereocenters. The molecule has 0 aliphatic heterocycles. The molecule has 0 amide bonds. The monoisotopic (exact) mass is 261 g/mol. The third-order valence-electron chi connectivity index (χ3n) is 2.62. The first-order valence-electron chi connectivity index (χ1n) is 5.54. The smallest absolute Gasteiger partial charge is 0.337 e. The van der Waals surface area contributed by atoms with Gasteiger partial charge in [-0.05, 0) is 12.1 Å². The van der Waals surface area contributed by atoms with Crippen molar-refractivity contribution < 1.29 is 14.3 Å². The minimum Gasteiger partial charge on any atom is -0.478 e. The van der Waals surface area contributed by atoms with Crippen molar-refractivity contribution in [1.82, 2.24) is 4.98 Å². The number of carbonyl (C=O) groups is 1. The first-order chi connectivity index (χ1) is 9.09. The number of nitrogens with one attached hydrogen (secondary N) is 1. The van der Waals surface area contributed by atoms with E-state index in [-0.39, 0.29) is 29.4 Å². The number of hydrogen-bond acceptors (Lipinski definition) is 4. The van der Waals surface area contributed by atoms with Gasteiger partial charge in [0.25, 0.3) is 0 Å². The highest BCUT2D eigenvalue weighted by Gasteiger charge is 2.12. The van der Waals surface area contributed by atoms with Gasteiger partial charge < -0.3 is 16.2 Å². The van der Waals surface area contributed by atoms with Crippen LogP contribution in [0.2, 0.25) is 0 Å². The van der Waals surface area contributed by atoms with Crippen LogP contribution in [0.5, 0.6) is 0 Å². The number of pyridine rings is 1. The summed E-state index contributed by atoms with van der Waals surface area (Å²) in [5.74, 6) is -1.25. The number of halogens is 1. The quantitative estimate of drug-likeness (QED) is 0.784. The molecule has 6 heteroatoms. The van der Waals surface area contributed by atoms with Gasteiger partial charge in [0.15, 0.2) is 0 Å². The fraction of sp³-hybridized carbons (Fsp3) is 0.0769. The van der Waals surface area contributed by atoms with Crippen molar-refractivity contribution in [2.45, 2.75) is 6.54 Å². The summed E-state index contributed by atoms with van der Waals surface area (Å²) < 4.78 is 13.4. The topological polar surface area (TPSA) is 88.2 Å². The predicted octanol–water partition coefficient (Wildman–Crippen LogP) is 2.11. The van der Waals surface area contributed by atoms with Gasteiger partial charge in [-0.15, -0.1) is 0 Å². The molecule has 0 spiro atoms. The molecular weight excluding hydrogens is 249 g/mol. The Morgan fingerprint density at radius 2 is 2.11 bits per heavy atom. The molecule has 2 aromatic rings. The third-order valence-corrected chi connectivity index (χ3v) is 2.62. The van der Waals surface area contributed by atoms with Crippen molar-refractivity contribution in [2.24, 2.45) is 0 Å². The summed E-state index contributed by atoms with van der Waals surface area (Å²) >= 11 is 0. The summed E-state index contributed by atoms with van der Waals surface area (Å²) in [6.45, 7) is 0.174. The fourth-order valence-electron chi connectivity index (χ4n) is 1.62. The van der Waals surface area contributed by atoms with E-state index in [0.717, 1.165) is 0 Å². The second kappa shape index (κ2) is 5.34. The van der Waals surface area contributed by atoms with Crippen LogP contribution in [0.3, 0.4) is 0 Å². The summed E-state index contributed by atoms with van der Waals surface area (Å²) in [4.78, 5) is 14.9. The van der Waals surface area contributed by atoms with Crippen molar-refractivity contribution in [2.75, 3.05) is 11.1 Å². The zero-order chi connectivity index (χ0) is 13.8. The van der Waals surface area contributed by atoms with Crippen molar-refractivity contribution in [3.63, 3.8) is 0 Å².